The van der Waals surface area contributed by atoms with Crippen LogP contribution in [0.5, 0.6) is 0 Å². The lowest BCUT2D eigenvalue weighted by molar-refractivity contribution is 0.417. The fraction of sp³-hybridized carbons (Fsp3) is 0.364. The van der Waals surface area contributed by atoms with Gasteiger partial charge in [-0.05, 0) is 12.1 Å². The molecule has 0 bridgehead atoms. The van der Waals surface area contributed by atoms with Gasteiger partial charge in [-0.25, -0.2) is 17.8 Å². The summed E-state index contributed by atoms with van der Waals surface area (Å²) in [5.74, 6) is -0.957. The average Bonchev–Trinajstić information content (AvgIpc) is 2.39. The molecule has 1 aromatic rings. The molecule has 1 rings (SSSR count). The summed E-state index contributed by atoms with van der Waals surface area (Å²) < 4.78 is 38.7. The summed E-state index contributed by atoms with van der Waals surface area (Å²) in [6.07, 6.45) is 1.08. The topological polar surface area (TPSA) is 97.9 Å². The van der Waals surface area contributed by atoms with E-state index in [4.69, 9.17) is 10.5 Å². The first kappa shape index (κ1) is 15.0. The number of aromatic nitrogens is 1. The second-order valence-electron chi connectivity index (χ2n) is 3.51. The largest absolute Gasteiger partial charge is 0.263 e. The summed E-state index contributed by atoms with van der Waals surface area (Å²) in [5, 5.41) is 16.3. The third kappa shape index (κ3) is 3.71. The molecule has 0 aromatic carbocycles. The van der Waals surface area contributed by atoms with E-state index in [0.717, 1.165) is 10.4 Å². The second kappa shape index (κ2) is 6.78. The van der Waals surface area contributed by atoms with Crippen LogP contribution in [0, 0.1) is 28.5 Å². The highest BCUT2D eigenvalue weighted by molar-refractivity contribution is 7.89. The molecule has 0 radical (unpaired) electrons. The van der Waals surface area contributed by atoms with Gasteiger partial charge < -0.3 is 0 Å². The van der Waals surface area contributed by atoms with Crippen LogP contribution in [0.2, 0.25) is 0 Å². The van der Waals surface area contributed by atoms with Crippen molar-refractivity contribution >= 4 is 10.0 Å². The van der Waals surface area contributed by atoms with Crippen molar-refractivity contribution in [2.45, 2.75) is 17.9 Å². The van der Waals surface area contributed by atoms with Gasteiger partial charge in [0.05, 0.1) is 12.1 Å². The van der Waals surface area contributed by atoms with E-state index in [0.29, 0.717) is 0 Å². The molecule has 0 saturated heterocycles. The van der Waals surface area contributed by atoms with Crippen LogP contribution in [-0.4, -0.2) is 30.8 Å². The average molecular weight is 282 g/mol. The van der Waals surface area contributed by atoms with Crippen LogP contribution in [-0.2, 0) is 10.0 Å². The van der Waals surface area contributed by atoms with Crippen molar-refractivity contribution in [3.63, 3.8) is 0 Å². The Morgan fingerprint density at radius 1 is 1.26 bits per heavy atom. The molecule has 0 N–H and O–H groups in total. The maximum Gasteiger partial charge on any atom is 0.263 e. The van der Waals surface area contributed by atoms with Gasteiger partial charge in [0.1, 0.15) is 0 Å². The molecule has 8 heteroatoms. The number of halogens is 1. The van der Waals surface area contributed by atoms with E-state index in [1.54, 1.807) is 0 Å². The summed E-state index contributed by atoms with van der Waals surface area (Å²) in [6, 6.07) is 5.89. The highest BCUT2D eigenvalue weighted by Gasteiger charge is 2.28. The lowest BCUT2D eigenvalue weighted by Gasteiger charge is -2.19. The molecule has 1 heterocycles. The van der Waals surface area contributed by atoms with Crippen molar-refractivity contribution in [3.05, 3.63) is 24.1 Å². The van der Waals surface area contributed by atoms with Gasteiger partial charge in [-0.15, -0.1) is 0 Å². The summed E-state index contributed by atoms with van der Waals surface area (Å²) >= 11 is 0. The second-order valence-corrected chi connectivity index (χ2v) is 5.36. The van der Waals surface area contributed by atoms with Gasteiger partial charge in [0.25, 0.3) is 10.0 Å². The van der Waals surface area contributed by atoms with Gasteiger partial charge in [0.2, 0.25) is 5.03 Å². The zero-order valence-electron chi connectivity index (χ0n) is 9.95. The molecule has 100 valence electrons. The number of hydrogen-bond donors (Lipinski definition) is 0. The predicted molar refractivity (Wildman–Crippen MR) is 63.4 cm³/mol. The van der Waals surface area contributed by atoms with Crippen LogP contribution in [0.4, 0.5) is 4.39 Å². The van der Waals surface area contributed by atoms with Crippen molar-refractivity contribution in [1.29, 1.82) is 10.5 Å². The van der Waals surface area contributed by atoms with Crippen LogP contribution in [0.15, 0.2) is 23.4 Å². The number of pyridine rings is 1. The van der Waals surface area contributed by atoms with Gasteiger partial charge in [-0.3, -0.25) is 0 Å². The van der Waals surface area contributed by atoms with Crippen LogP contribution < -0.4 is 0 Å². The van der Waals surface area contributed by atoms with Gasteiger partial charge in [-0.2, -0.15) is 14.8 Å². The molecule has 0 aliphatic carbocycles. The van der Waals surface area contributed by atoms with E-state index in [9.17, 15) is 12.8 Å². The van der Waals surface area contributed by atoms with E-state index in [2.05, 4.69) is 4.98 Å². The van der Waals surface area contributed by atoms with Crippen LogP contribution in [0.1, 0.15) is 12.8 Å². The Labute approximate surface area is 110 Å². The van der Waals surface area contributed by atoms with E-state index >= 15 is 0 Å². The molecule has 0 fully saturated rings. The van der Waals surface area contributed by atoms with Crippen molar-refractivity contribution in [1.82, 2.24) is 9.29 Å². The first-order chi connectivity index (χ1) is 9.04. The van der Waals surface area contributed by atoms with Gasteiger partial charge in [0.15, 0.2) is 5.82 Å². The molecule has 6 nitrogen and oxygen atoms in total. The molecule has 0 unspecified atom stereocenters. The Morgan fingerprint density at radius 3 is 2.32 bits per heavy atom. The molecular weight excluding hydrogens is 271 g/mol. The third-order valence-electron chi connectivity index (χ3n) is 2.25. The van der Waals surface area contributed by atoms with E-state index < -0.39 is 20.9 Å². The highest BCUT2D eigenvalue weighted by Crippen LogP contribution is 2.16. The fourth-order valence-corrected chi connectivity index (χ4v) is 2.80. The fourth-order valence-electron chi connectivity index (χ4n) is 1.38. The minimum atomic E-state index is -4.13. The Balaban J connectivity index is 3.09. The zero-order chi connectivity index (χ0) is 14.3. The Bertz CT molecular complexity index is 600. The lowest BCUT2D eigenvalue weighted by atomic mass is 10.4. The number of rotatable bonds is 6. The summed E-state index contributed by atoms with van der Waals surface area (Å²) in [4.78, 5) is 3.52. The molecule has 0 aliphatic heterocycles. The van der Waals surface area contributed by atoms with Gasteiger partial charge >= 0.3 is 0 Å². The smallest absolute Gasteiger partial charge is 0.241 e. The first-order valence-corrected chi connectivity index (χ1v) is 6.82. The van der Waals surface area contributed by atoms with E-state index in [-0.39, 0.29) is 25.9 Å². The molecule has 0 spiro atoms. The molecule has 0 saturated carbocycles. The Kier molecular flexibility index (Phi) is 5.37. The normalized spacial score (nSPS) is 10.9. The van der Waals surface area contributed by atoms with Crippen molar-refractivity contribution in [3.8, 4) is 12.1 Å². The van der Waals surface area contributed by atoms with Crippen LogP contribution in [0.3, 0.4) is 0 Å². The van der Waals surface area contributed by atoms with Gasteiger partial charge in [0, 0.05) is 32.1 Å². The maximum atomic E-state index is 13.5. The van der Waals surface area contributed by atoms with E-state index in [1.807, 2.05) is 12.1 Å². The Hall–Kier alpha value is -2.03. The van der Waals surface area contributed by atoms with Crippen molar-refractivity contribution in [2.24, 2.45) is 0 Å². The highest BCUT2D eigenvalue weighted by atomic mass is 32.2. The number of nitrogens with zero attached hydrogens (tertiary/aromatic N) is 4. The van der Waals surface area contributed by atoms with Gasteiger partial charge in [-0.1, -0.05) is 0 Å². The molecule has 1 aromatic heterocycles. The molecule has 0 atom stereocenters. The van der Waals surface area contributed by atoms with Crippen molar-refractivity contribution in [2.75, 3.05) is 13.1 Å². The van der Waals surface area contributed by atoms with Crippen LogP contribution in [0.25, 0.3) is 0 Å². The third-order valence-corrected chi connectivity index (χ3v) is 4.09. The molecular formula is C11H11FN4O2S. The molecule has 0 aliphatic rings. The predicted octanol–water partition coefficient (Wildman–Crippen LogP) is 1.04. The first-order valence-electron chi connectivity index (χ1n) is 5.38. The summed E-state index contributed by atoms with van der Waals surface area (Å²) in [7, 11) is -4.13. The minimum Gasteiger partial charge on any atom is -0.241 e. The SMILES string of the molecule is N#CCCN(CCC#N)S(=O)(=O)c1ncccc1F. The summed E-state index contributed by atoms with van der Waals surface area (Å²) in [5.41, 5.74) is 0. The molecule has 19 heavy (non-hydrogen) atoms. The maximum absolute atomic E-state index is 13.5. The van der Waals surface area contributed by atoms with E-state index in [1.165, 1.54) is 12.3 Å². The Morgan fingerprint density at radius 2 is 1.84 bits per heavy atom. The molecule has 0 amide bonds. The summed E-state index contributed by atoms with van der Waals surface area (Å²) in [6.45, 7) is -0.201. The zero-order valence-corrected chi connectivity index (χ0v) is 10.8. The van der Waals surface area contributed by atoms with Crippen molar-refractivity contribution < 1.29 is 12.8 Å². The quantitative estimate of drug-likeness (QED) is 0.776. The number of nitriles is 2. The number of sulfonamides is 1. The standard InChI is InChI=1S/C11H11FN4O2S/c12-10-4-1-7-15-11(10)19(17,18)16(8-2-5-13)9-3-6-14/h1,4,7H,2-3,8-9H2. The minimum absolute atomic E-state index is 0.0425. The monoisotopic (exact) mass is 282 g/mol. The lowest BCUT2D eigenvalue weighted by Crippen LogP contribution is -2.34. The number of hydrogen-bond acceptors (Lipinski definition) is 5. The van der Waals surface area contributed by atoms with Crippen LogP contribution >= 0.6 is 0 Å².